The summed E-state index contributed by atoms with van der Waals surface area (Å²) in [5.41, 5.74) is 0.598. The van der Waals surface area contributed by atoms with Gasteiger partial charge in [-0.05, 0) is 36.4 Å². The van der Waals surface area contributed by atoms with Crippen molar-refractivity contribution in [2.75, 3.05) is 5.94 Å². The molecule has 0 bridgehead atoms. The molecule has 3 atom stereocenters. The van der Waals surface area contributed by atoms with Crippen molar-refractivity contribution in [2.45, 2.75) is 25.6 Å². The molecule has 0 radical (unpaired) electrons. The molecule has 6 nitrogen and oxygen atoms in total. The maximum atomic E-state index is 13.2. The highest BCUT2D eigenvalue weighted by molar-refractivity contribution is 7.99. The summed E-state index contributed by atoms with van der Waals surface area (Å²) < 4.78 is 54.3. The van der Waals surface area contributed by atoms with Gasteiger partial charge in [-0.25, -0.2) is 12.6 Å². The number of benzene rings is 3. The molecule has 3 heterocycles. The molecule has 3 unspecified atom stereocenters. The highest BCUT2D eigenvalue weighted by atomic mass is 32.2. The molecule has 152 valence electrons. The molecule has 0 N–H and O–H groups in total. The number of hydrogen-bond acceptors (Lipinski definition) is 7. The Kier molecular flexibility index (Phi) is 3.96. The first-order valence-electron chi connectivity index (χ1n) is 9.13. The lowest BCUT2D eigenvalue weighted by Gasteiger charge is -2.10. The second-order valence-corrected chi connectivity index (χ2v) is 11.5. The minimum atomic E-state index is -3.41. The first-order chi connectivity index (χ1) is 14.5. The Morgan fingerprint density at radius 3 is 2.60 bits per heavy atom. The lowest BCUT2D eigenvalue weighted by molar-refractivity contribution is 0.293. The van der Waals surface area contributed by atoms with E-state index >= 15 is 0 Å². The number of thioether (sulfide) groups is 1. The summed E-state index contributed by atoms with van der Waals surface area (Å²) in [5, 5.41) is 0. The van der Waals surface area contributed by atoms with Crippen LogP contribution < -0.4 is 14.2 Å². The van der Waals surface area contributed by atoms with Crippen LogP contribution in [0.1, 0.15) is 22.0 Å². The van der Waals surface area contributed by atoms with Gasteiger partial charge in [0.15, 0.2) is 11.4 Å². The minimum Gasteiger partial charge on any atom is -0.476 e. The zero-order valence-electron chi connectivity index (χ0n) is 15.3. The highest BCUT2D eigenvalue weighted by Crippen LogP contribution is 2.50. The van der Waals surface area contributed by atoms with Crippen LogP contribution in [-0.2, 0) is 20.6 Å². The van der Waals surface area contributed by atoms with Gasteiger partial charge in [-0.1, -0.05) is 36.0 Å². The van der Waals surface area contributed by atoms with Crippen molar-refractivity contribution in [1.29, 1.82) is 0 Å². The van der Waals surface area contributed by atoms with Gasteiger partial charge in [0.05, 0.1) is 9.79 Å². The quantitative estimate of drug-likeness (QED) is 0.570. The Morgan fingerprint density at radius 1 is 0.900 bits per heavy atom. The summed E-state index contributed by atoms with van der Waals surface area (Å²) in [4.78, 5) is 1.84. The fourth-order valence-electron chi connectivity index (χ4n) is 3.67. The van der Waals surface area contributed by atoms with Crippen molar-refractivity contribution >= 4 is 32.4 Å². The van der Waals surface area contributed by atoms with Crippen LogP contribution in [0.3, 0.4) is 0 Å². The lowest BCUT2D eigenvalue weighted by Crippen LogP contribution is -2.06. The van der Waals surface area contributed by atoms with Crippen LogP contribution in [0.5, 0.6) is 17.2 Å². The van der Waals surface area contributed by atoms with Gasteiger partial charge >= 0.3 is 0 Å². The number of fused-ring (bicyclic) bond motifs is 3. The zero-order chi connectivity index (χ0) is 20.5. The Morgan fingerprint density at radius 2 is 1.73 bits per heavy atom. The summed E-state index contributed by atoms with van der Waals surface area (Å²) in [7, 11) is -4.86. The molecule has 3 aliphatic heterocycles. The van der Waals surface area contributed by atoms with E-state index in [4.69, 9.17) is 14.2 Å². The number of sulfone groups is 1. The molecule has 3 aromatic rings. The SMILES string of the molecule is O=S1c2cc(C3Oc4ccccc4S3)ccc2OC1c1ccc2c(c1)OCS2(=O)=O. The van der Waals surface area contributed by atoms with E-state index in [9.17, 15) is 12.6 Å². The summed E-state index contributed by atoms with van der Waals surface area (Å²) >= 11 is 1.61. The van der Waals surface area contributed by atoms with Crippen LogP contribution >= 0.6 is 11.8 Å². The summed E-state index contributed by atoms with van der Waals surface area (Å²) in [6.07, 6.45) is 0. The minimum absolute atomic E-state index is 0.157. The van der Waals surface area contributed by atoms with Gasteiger partial charge in [0.1, 0.15) is 32.9 Å². The Balaban J connectivity index is 1.30. The highest BCUT2D eigenvalue weighted by Gasteiger charge is 2.36. The number of para-hydroxylation sites is 1. The van der Waals surface area contributed by atoms with Crippen LogP contribution in [0.4, 0.5) is 0 Å². The van der Waals surface area contributed by atoms with E-state index in [0.717, 1.165) is 16.2 Å². The number of rotatable bonds is 2. The molecular weight excluding hydrogens is 444 g/mol. The topological polar surface area (TPSA) is 78.9 Å². The van der Waals surface area contributed by atoms with Gasteiger partial charge in [-0.15, -0.1) is 0 Å². The molecule has 0 saturated carbocycles. The first kappa shape index (κ1) is 18.3. The lowest BCUT2D eigenvalue weighted by atomic mass is 10.2. The van der Waals surface area contributed by atoms with Crippen molar-refractivity contribution in [2.24, 2.45) is 0 Å². The van der Waals surface area contributed by atoms with Crippen LogP contribution in [0.15, 0.2) is 75.4 Å². The Hall–Kier alpha value is -2.49. The summed E-state index contributed by atoms with van der Waals surface area (Å²) in [6.45, 7) is 0. The van der Waals surface area contributed by atoms with Gasteiger partial charge < -0.3 is 14.2 Å². The molecule has 6 rings (SSSR count). The van der Waals surface area contributed by atoms with Crippen LogP contribution in [0.2, 0.25) is 0 Å². The predicted molar refractivity (Wildman–Crippen MR) is 111 cm³/mol. The van der Waals surface area contributed by atoms with E-state index < -0.39 is 26.1 Å². The maximum absolute atomic E-state index is 13.2. The standard InChI is InChI=1S/C21H14O6S3/c22-29-18-10-12(20-26-14-3-1-2-4-17(14)28-20)5-7-15(18)27-21(29)13-6-8-19-16(9-13)25-11-30(19,23)24/h1-10,20-21H,11H2. The molecule has 30 heavy (non-hydrogen) atoms. The van der Waals surface area contributed by atoms with E-state index in [0.29, 0.717) is 16.2 Å². The Bertz CT molecular complexity index is 1310. The molecule has 0 saturated heterocycles. The third kappa shape index (κ3) is 2.76. The molecule has 0 fully saturated rings. The maximum Gasteiger partial charge on any atom is 0.216 e. The van der Waals surface area contributed by atoms with Crippen LogP contribution in [0, 0.1) is 0 Å². The van der Waals surface area contributed by atoms with Crippen LogP contribution in [0.25, 0.3) is 0 Å². The number of ether oxygens (including phenoxy) is 3. The molecule has 0 aromatic heterocycles. The summed E-state index contributed by atoms with van der Waals surface area (Å²) in [5.74, 6) is 1.30. The smallest absolute Gasteiger partial charge is 0.216 e. The predicted octanol–water partition coefficient (Wildman–Crippen LogP) is 4.19. The first-order valence-corrected chi connectivity index (χ1v) is 12.9. The van der Waals surface area contributed by atoms with Crippen molar-refractivity contribution in [1.82, 2.24) is 0 Å². The van der Waals surface area contributed by atoms with Gasteiger partial charge in [-0.2, -0.15) is 0 Å². The molecular formula is C21H14O6S3. The second-order valence-electron chi connectivity index (χ2n) is 7.05. The Labute approximate surface area is 179 Å². The van der Waals surface area contributed by atoms with Gasteiger partial charge in [0.2, 0.25) is 15.3 Å². The van der Waals surface area contributed by atoms with Crippen molar-refractivity contribution < 1.29 is 26.8 Å². The van der Waals surface area contributed by atoms with E-state index in [1.165, 1.54) is 6.07 Å². The van der Waals surface area contributed by atoms with Crippen molar-refractivity contribution in [3.63, 3.8) is 0 Å². The molecule has 0 amide bonds. The van der Waals surface area contributed by atoms with E-state index in [1.54, 1.807) is 23.9 Å². The average Bonchev–Trinajstić information content (AvgIpc) is 3.41. The van der Waals surface area contributed by atoms with Gasteiger partial charge in [-0.3, -0.25) is 0 Å². The third-order valence-electron chi connectivity index (χ3n) is 5.15. The molecule has 9 heteroatoms. The normalized spacial score (nSPS) is 24.9. The van der Waals surface area contributed by atoms with E-state index in [1.807, 2.05) is 42.5 Å². The zero-order valence-corrected chi connectivity index (χ0v) is 17.8. The average molecular weight is 459 g/mol. The van der Waals surface area contributed by atoms with E-state index in [-0.39, 0.29) is 22.0 Å². The third-order valence-corrected chi connectivity index (χ3v) is 9.27. The van der Waals surface area contributed by atoms with Crippen LogP contribution in [-0.4, -0.2) is 18.6 Å². The number of hydrogen-bond donors (Lipinski definition) is 0. The second kappa shape index (κ2) is 6.50. The monoisotopic (exact) mass is 458 g/mol. The van der Waals surface area contributed by atoms with Crippen molar-refractivity contribution in [3.05, 3.63) is 71.8 Å². The van der Waals surface area contributed by atoms with Gasteiger partial charge in [0.25, 0.3) is 0 Å². The fourth-order valence-corrected chi connectivity index (χ4v) is 7.22. The molecule has 3 aromatic carbocycles. The van der Waals surface area contributed by atoms with Gasteiger partial charge in [0, 0.05) is 11.1 Å². The van der Waals surface area contributed by atoms with E-state index in [2.05, 4.69) is 0 Å². The molecule has 0 aliphatic carbocycles. The molecule has 0 spiro atoms. The van der Waals surface area contributed by atoms with Crippen molar-refractivity contribution in [3.8, 4) is 17.2 Å². The largest absolute Gasteiger partial charge is 0.476 e. The summed E-state index contributed by atoms with van der Waals surface area (Å²) in [6, 6.07) is 18.2. The molecule has 3 aliphatic rings. The fraction of sp³-hybridized carbons (Fsp3) is 0.143.